The van der Waals surface area contributed by atoms with Gasteiger partial charge in [-0.25, -0.2) is 0 Å². The van der Waals surface area contributed by atoms with Crippen molar-refractivity contribution in [1.29, 1.82) is 0 Å². The Kier molecular flexibility index (Phi) is 4.83. The molecule has 1 aliphatic carbocycles. The van der Waals surface area contributed by atoms with E-state index in [0.717, 1.165) is 25.7 Å². The minimum absolute atomic E-state index is 0.0618. The van der Waals surface area contributed by atoms with Crippen LogP contribution < -0.4 is 10.6 Å². The Hall–Kier alpha value is -2.37. The highest BCUT2D eigenvalue weighted by atomic mass is 16.2. The molecule has 2 fully saturated rings. The molecule has 2 N–H and O–H groups in total. The molecule has 0 aromatic heterocycles. The molecule has 1 saturated carbocycles. The molecule has 3 amide bonds. The Labute approximate surface area is 141 Å². The molecule has 1 unspecified atom stereocenters. The molecular formula is C18H23N3O3. The minimum Gasteiger partial charge on any atom is -0.353 e. The quantitative estimate of drug-likeness (QED) is 0.884. The highest BCUT2D eigenvalue weighted by Crippen LogP contribution is 2.23. The van der Waals surface area contributed by atoms with Crippen LogP contribution in [0.2, 0.25) is 0 Å². The zero-order valence-corrected chi connectivity index (χ0v) is 13.9. The Bertz CT molecular complexity index is 637. The first-order valence-corrected chi connectivity index (χ1v) is 8.50. The first-order valence-electron chi connectivity index (χ1n) is 8.50. The fraction of sp³-hybridized carbons (Fsp3) is 0.500. The van der Waals surface area contributed by atoms with Gasteiger partial charge in [0.25, 0.3) is 5.91 Å². The van der Waals surface area contributed by atoms with Gasteiger partial charge in [0.2, 0.25) is 11.8 Å². The summed E-state index contributed by atoms with van der Waals surface area (Å²) in [6.45, 7) is 2.60. The largest absolute Gasteiger partial charge is 0.353 e. The number of rotatable bonds is 4. The van der Waals surface area contributed by atoms with E-state index in [1.54, 1.807) is 29.2 Å². The number of nitrogens with one attached hydrogen (secondary N) is 2. The van der Waals surface area contributed by atoms with Crippen LogP contribution in [0.1, 0.15) is 43.0 Å². The van der Waals surface area contributed by atoms with Crippen molar-refractivity contribution in [2.45, 2.75) is 38.6 Å². The maximum absolute atomic E-state index is 12.6. The first kappa shape index (κ1) is 16.5. The van der Waals surface area contributed by atoms with E-state index < -0.39 is 0 Å². The van der Waals surface area contributed by atoms with E-state index in [0.29, 0.717) is 30.4 Å². The molecule has 0 radical (unpaired) electrons. The van der Waals surface area contributed by atoms with Gasteiger partial charge in [0.05, 0.1) is 5.92 Å². The Morgan fingerprint density at radius 3 is 2.42 bits per heavy atom. The minimum atomic E-state index is -0.144. The molecule has 1 heterocycles. The van der Waals surface area contributed by atoms with Gasteiger partial charge in [-0.05, 0) is 49.9 Å². The Morgan fingerprint density at radius 2 is 1.79 bits per heavy atom. The second-order valence-corrected chi connectivity index (χ2v) is 6.63. The SMILES string of the molecule is CC(=O)Nc1ccc(C(=O)N2CCCC(C(=O)NC3CC3)C2)cc1. The monoisotopic (exact) mass is 329 g/mol. The highest BCUT2D eigenvalue weighted by molar-refractivity contribution is 5.96. The van der Waals surface area contributed by atoms with Crippen molar-refractivity contribution in [2.75, 3.05) is 18.4 Å². The molecule has 24 heavy (non-hydrogen) atoms. The van der Waals surface area contributed by atoms with Crippen LogP contribution in [0.15, 0.2) is 24.3 Å². The van der Waals surface area contributed by atoms with Crippen molar-refractivity contribution < 1.29 is 14.4 Å². The predicted octanol–water partition coefficient (Wildman–Crippen LogP) is 1.78. The molecule has 1 saturated heterocycles. The number of nitrogens with zero attached hydrogens (tertiary/aromatic N) is 1. The van der Waals surface area contributed by atoms with E-state index in [2.05, 4.69) is 10.6 Å². The molecular weight excluding hydrogens is 306 g/mol. The van der Waals surface area contributed by atoms with Crippen molar-refractivity contribution >= 4 is 23.4 Å². The lowest BCUT2D eigenvalue weighted by Gasteiger charge is -2.32. The molecule has 6 nitrogen and oxygen atoms in total. The summed E-state index contributed by atoms with van der Waals surface area (Å²) in [6, 6.07) is 7.21. The number of likely N-dealkylation sites (tertiary alicyclic amines) is 1. The van der Waals surface area contributed by atoms with Crippen molar-refractivity contribution in [2.24, 2.45) is 5.92 Å². The maximum atomic E-state index is 12.6. The summed E-state index contributed by atoms with van der Waals surface area (Å²) in [5.41, 5.74) is 1.24. The normalized spacial score (nSPS) is 20.4. The lowest BCUT2D eigenvalue weighted by Crippen LogP contribution is -2.45. The van der Waals surface area contributed by atoms with E-state index >= 15 is 0 Å². The average Bonchev–Trinajstić information content (AvgIpc) is 3.38. The average molecular weight is 329 g/mol. The summed E-state index contributed by atoms with van der Waals surface area (Å²) in [7, 11) is 0. The second kappa shape index (κ2) is 7.03. The van der Waals surface area contributed by atoms with Crippen molar-refractivity contribution in [3.63, 3.8) is 0 Å². The molecule has 1 atom stereocenters. The molecule has 0 bridgehead atoms. The molecule has 1 aromatic carbocycles. The number of carbonyl (C=O) groups is 3. The maximum Gasteiger partial charge on any atom is 0.253 e. The van der Waals surface area contributed by atoms with Crippen LogP contribution in [-0.2, 0) is 9.59 Å². The molecule has 0 spiro atoms. The van der Waals surface area contributed by atoms with Gasteiger partial charge in [-0.1, -0.05) is 0 Å². The third-order valence-corrected chi connectivity index (χ3v) is 4.46. The lowest BCUT2D eigenvalue weighted by atomic mass is 9.96. The predicted molar refractivity (Wildman–Crippen MR) is 90.5 cm³/mol. The number of hydrogen-bond donors (Lipinski definition) is 2. The smallest absolute Gasteiger partial charge is 0.253 e. The van der Waals surface area contributed by atoms with E-state index in [9.17, 15) is 14.4 Å². The van der Waals surface area contributed by atoms with E-state index in [4.69, 9.17) is 0 Å². The number of benzene rings is 1. The molecule has 6 heteroatoms. The summed E-state index contributed by atoms with van der Waals surface area (Å²) in [4.78, 5) is 37.6. The van der Waals surface area contributed by atoms with Gasteiger partial charge in [0, 0.05) is 37.3 Å². The van der Waals surface area contributed by atoms with E-state index in [1.165, 1.54) is 6.92 Å². The Balaban J connectivity index is 1.60. The van der Waals surface area contributed by atoms with Gasteiger partial charge < -0.3 is 15.5 Å². The summed E-state index contributed by atoms with van der Waals surface area (Å²) >= 11 is 0. The molecule has 2 aliphatic rings. The highest BCUT2D eigenvalue weighted by Gasteiger charge is 2.32. The third kappa shape index (κ3) is 4.13. The van der Waals surface area contributed by atoms with Crippen LogP contribution in [-0.4, -0.2) is 41.8 Å². The topological polar surface area (TPSA) is 78.5 Å². The van der Waals surface area contributed by atoms with Crippen molar-refractivity contribution in [3.05, 3.63) is 29.8 Å². The number of hydrogen-bond acceptors (Lipinski definition) is 3. The molecule has 1 aromatic rings. The first-order chi connectivity index (χ1) is 11.5. The fourth-order valence-corrected chi connectivity index (χ4v) is 3.00. The van der Waals surface area contributed by atoms with E-state index in [1.807, 2.05) is 0 Å². The Morgan fingerprint density at radius 1 is 1.08 bits per heavy atom. The van der Waals surface area contributed by atoms with Crippen LogP contribution in [0.4, 0.5) is 5.69 Å². The van der Waals surface area contributed by atoms with Gasteiger partial charge in [-0.2, -0.15) is 0 Å². The summed E-state index contributed by atoms with van der Waals surface area (Å²) < 4.78 is 0. The van der Waals surface area contributed by atoms with Gasteiger partial charge in [0.15, 0.2) is 0 Å². The van der Waals surface area contributed by atoms with Crippen molar-refractivity contribution in [3.8, 4) is 0 Å². The zero-order valence-electron chi connectivity index (χ0n) is 13.9. The van der Waals surface area contributed by atoms with Crippen LogP contribution in [0.25, 0.3) is 0 Å². The van der Waals surface area contributed by atoms with Gasteiger partial charge in [-0.3, -0.25) is 14.4 Å². The van der Waals surface area contributed by atoms with Gasteiger partial charge in [-0.15, -0.1) is 0 Å². The number of anilines is 1. The van der Waals surface area contributed by atoms with Crippen molar-refractivity contribution in [1.82, 2.24) is 10.2 Å². The van der Waals surface area contributed by atoms with Crippen LogP contribution in [0, 0.1) is 5.92 Å². The summed E-state index contributed by atoms with van der Waals surface area (Å²) in [5.74, 6) is -0.235. The van der Waals surface area contributed by atoms with Gasteiger partial charge in [0.1, 0.15) is 0 Å². The number of piperidine rings is 1. The molecule has 1 aliphatic heterocycles. The number of amides is 3. The third-order valence-electron chi connectivity index (χ3n) is 4.46. The standard InChI is InChI=1S/C18H23N3O3/c1-12(22)19-15-6-4-13(5-7-15)18(24)21-10-2-3-14(11-21)17(23)20-16-8-9-16/h4-7,14,16H,2-3,8-11H2,1H3,(H,19,22)(H,20,23). The number of carbonyl (C=O) groups excluding carboxylic acids is 3. The zero-order chi connectivity index (χ0) is 17.1. The molecule has 3 rings (SSSR count). The fourth-order valence-electron chi connectivity index (χ4n) is 3.00. The van der Waals surface area contributed by atoms with E-state index in [-0.39, 0.29) is 23.6 Å². The van der Waals surface area contributed by atoms with Gasteiger partial charge >= 0.3 is 0 Å². The summed E-state index contributed by atoms with van der Waals surface area (Å²) in [5, 5.41) is 5.71. The molecule has 128 valence electrons. The summed E-state index contributed by atoms with van der Waals surface area (Å²) in [6.07, 6.45) is 3.83. The second-order valence-electron chi connectivity index (χ2n) is 6.63. The van der Waals surface area contributed by atoms with Crippen LogP contribution in [0.3, 0.4) is 0 Å². The van der Waals surface area contributed by atoms with Crippen LogP contribution >= 0.6 is 0 Å². The lowest BCUT2D eigenvalue weighted by molar-refractivity contribution is -0.126. The van der Waals surface area contributed by atoms with Crippen LogP contribution in [0.5, 0.6) is 0 Å².